The molecule has 37 heavy (non-hydrogen) atoms. The zero-order chi connectivity index (χ0) is 26.1. The van der Waals surface area contributed by atoms with Crippen molar-refractivity contribution < 1.29 is 26.7 Å². The van der Waals surface area contributed by atoms with Crippen LogP contribution in [0, 0.1) is 5.82 Å². The maximum absolute atomic E-state index is 15.3. The van der Waals surface area contributed by atoms with E-state index in [4.69, 9.17) is 4.74 Å². The topological polar surface area (TPSA) is 85.4 Å². The Morgan fingerprint density at radius 2 is 1.95 bits per heavy atom. The number of benzene rings is 1. The third-order valence-electron chi connectivity index (χ3n) is 7.01. The maximum Gasteiger partial charge on any atom is 0.280 e. The summed E-state index contributed by atoms with van der Waals surface area (Å²) in [6.45, 7) is 0.0696. The average molecular weight is 522 g/mol. The van der Waals surface area contributed by atoms with Gasteiger partial charge in [-0.15, -0.1) is 10.2 Å². The molecule has 1 aliphatic carbocycles. The van der Waals surface area contributed by atoms with Crippen molar-refractivity contribution in [3.05, 3.63) is 30.2 Å². The summed E-state index contributed by atoms with van der Waals surface area (Å²) in [4.78, 5) is 5.79. The molecule has 0 spiro atoms. The van der Waals surface area contributed by atoms with E-state index in [0.717, 1.165) is 6.20 Å². The number of hydrogen-bond donors (Lipinski definition) is 1. The van der Waals surface area contributed by atoms with Crippen molar-refractivity contribution in [2.75, 3.05) is 32.6 Å². The van der Waals surface area contributed by atoms with Crippen molar-refractivity contribution in [3.8, 4) is 17.0 Å². The van der Waals surface area contributed by atoms with Crippen molar-refractivity contribution in [1.82, 2.24) is 34.5 Å². The van der Waals surface area contributed by atoms with Gasteiger partial charge in [-0.2, -0.15) is 4.98 Å². The van der Waals surface area contributed by atoms with Crippen molar-refractivity contribution in [2.45, 2.75) is 43.2 Å². The van der Waals surface area contributed by atoms with Gasteiger partial charge in [-0.1, -0.05) is 11.3 Å². The lowest BCUT2D eigenvalue weighted by Crippen LogP contribution is -2.53. The van der Waals surface area contributed by atoms with E-state index in [1.165, 1.54) is 16.3 Å². The summed E-state index contributed by atoms with van der Waals surface area (Å²) in [6, 6.07) is 3.17. The Bertz CT molecular complexity index is 1490. The Hall–Kier alpha value is -3.55. The highest BCUT2D eigenvalue weighted by molar-refractivity contribution is 5.89. The summed E-state index contributed by atoms with van der Waals surface area (Å²) in [7, 11) is 2.96. The van der Waals surface area contributed by atoms with Crippen LogP contribution in [-0.4, -0.2) is 79.6 Å². The molecule has 1 aliphatic heterocycles. The summed E-state index contributed by atoms with van der Waals surface area (Å²) >= 11 is 0. The molecule has 9 nitrogen and oxygen atoms in total. The van der Waals surface area contributed by atoms with Gasteiger partial charge in [-0.25, -0.2) is 31.1 Å². The van der Waals surface area contributed by atoms with Crippen LogP contribution in [-0.2, 0) is 0 Å². The standard InChI is InChI=1S/C23H23F5N8O/c1-34-6-5-17(23(27,28)11-34)29-21-30-20(37-2)19-18(14(24)10-35(19)32-21)12-3-4-15-16(7-12)36(33-31-15)13-8-22(25,26)9-13/h3-4,7,10,13,17H,5-6,8-9,11H2,1-2H3,(H,29,32)/t17-/m1/s1. The Balaban J connectivity index is 1.39. The fourth-order valence-electron chi connectivity index (χ4n) is 5.11. The normalized spacial score (nSPS) is 21.9. The van der Waals surface area contributed by atoms with Crippen molar-refractivity contribution >= 4 is 22.5 Å². The highest BCUT2D eigenvalue weighted by Crippen LogP contribution is 2.46. The summed E-state index contributed by atoms with van der Waals surface area (Å²) < 4.78 is 79.3. The van der Waals surface area contributed by atoms with Crippen LogP contribution in [0.2, 0.25) is 0 Å². The number of rotatable bonds is 5. The van der Waals surface area contributed by atoms with Crippen molar-refractivity contribution in [2.24, 2.45) is 0 Å². The molecule has 1 N–H and O–H groups in total. The number of nitrogens with one attached hydrogen (secondary N) is 1. The third-order valence-corrected chi connectivity index (χ3v) is 7.01. The molecule has 1 saturated heterocycles. The van der Waals surface area contributed by atoms with Crippen molar-refractivity contribution in [1.29, 1.82) is 0 Å². The molecular weight excluding hydrogens is 499 g/mol. The Morgan fingerprint density at radius 1 is 1.16 bits per heavy atom. The fraction of sp³-hybridized carbons (Fsp3) is 0.478. The summed E-state index contributed by atoms with van der Waals surface area (Å²) in [6.07, 6.45) is 0.603. The van der Waals surface area contributed by atoms with Gasteiger partial charge in [0.15, 0.2) is 5.82 Å². The lowest BCUT2D eigenvalue weighted by atomic mass is 9.88. The monoisotopic (exact) mass is 522 g/mol. The van der Waals surface area contributed by atoms with E-state index in [-0.39, 0.29) is 42.2 Å². The van der Waals surface area contributed by atoms with Crippen LogP contribution in [0.5, 0.6) is 5.88 Å². The van der Waals surface area contributed by atoms with E-state index < -0.39 is 36.3 Å². The van der Waals surface area contributed by atoms with E-state index in [1.54, 1.807) is 30.1 Å². The lowest BCUT2D eigenvalue weighted by molar-refractivity contribution is -0.106. The number of methoxy groups -OCH3 is 1. The third kappa shape index (κ3) is 4.03. The molecule has 0 unspecified atom stereocenters. The number of likely N-dealkylation sites (tertiary alicyclic amines) is 1. The Morgan fingerprint density at radius 3 is 2.65 bits per heavy atom. The first-order chi connectivity index (χ1) is 17.5. The predicted octanol–water partition coefficient (Wildman–Crippen LogP) is 4.01. The number of ether oxygens (including phenoxy) is 1. The van der Waals surface area contributed by atoms with Crippen LogP contribution >= 0.6 is 0 Å². The van der Waals surface area contributed by atoms with Gasteiger partial charge in [0.05, 0.1) is 43.0 Å². The van der Waals surface area contributed by atoms with E-state index >= 15 is 4.39 Å². The Kier molecular flexibility index (Phi) is 5.30. The molecule has 1 saturated carbocycles. The summed E-state index contributed by atoms with van der Waals surface area (Å²) in [5.74, 6) is -6.54. The summed E-state index contributed by atoms with van der Waals surface area (Å²) in [5.41, 5.74) is 1.68. The van der Waals surface area contributed by atoms with Crippen LogP contribution < -0.4 is 10.1 Å². The minimum Gasteiger partial charge on any atom is -0.479 e. The second-order valence-electron chi connectivity index (χ2n) is 9.73. The molecule has 1 aromatic carbocycles. The number of nitrogens with zero attached hydrogens (tertiary/aromatic N) is 7. The molecule has 2 fully saturated rings. The maximum atomic E-state index is 15.3. The predicted molar refractivity (Wildman–Crippen MR) is 124 cm³/mol. The van der Waals surface area contributed by atoms with Crippen LogP contribution in [0.4, 0.5) is 27.9 Å². The van der Waals surface area contributed by atoms with Gasteiger partial charge in [-0.3, -0.25) is 0 Å². The minimum atomic E-state index is -3.01. The smallest absolute Gasteiger partial charge is 0.280 e. The summed E-state index contributed by atoms with van der Waals surface area (Å²) in [5, 5.41) is 15.0. The van der Waals surface area contributed by atoms with E-state index in [2.05, 4.69) is 25.7 Å². The number of fused-ring (bicyclic) bond motifs is 2. The molecular formula is C23H23F5N8O. The van der Waals surface area contributed by atoms with Crippen LogP contribution in [0.25, 0.3) is 27.7 Å². The number of hydrogen-bond acceptors (Lipinski definition) is 7. The second-order valence-corrected chi connectivity index (χ2v) is 9.73. The van der Waals surface area contributed by atoms with Crippen LogP contribution in [0.15, 0.2) is 24.4 Å². The van der Waals surface area contributed by atoms with Gasteiger partial charge in [0.25, 0.3) is 11.8 Å². The fourth-order valence-corrected chi connectivity index (χ4v) is 5.11. The molecule has 0 amide bonds. The zero-order valence-corrected chi connectivity index (χ0v) is 19.9. The van der Waals surface area contributed by atoms with Crippen LogP contribution in [0.1, 0.15) is 25.3 Å². The number of anilines is 1. The molecule has 2 aliphatic rings. The van der Waals surface area contributed by atoms with E-state index in [0.29, 0.717) is 23.1 Å². The molecule has 0 radical (unpaired) electrons. The molecule has 1 atom stereocenters. The second kappa shape index (κ2) is 8.23. The van der Waals surface area contributed by atoms with Gasteiger partial charge < -0.3 is 15.0 Å². The first-order valence-corrected chi connectivity index (χ1v) is 11.7. The van der Waals surface area contributed by atoms with Crippen LogP contribution in [0.3, 0.4) is 0 Å². The van der Waals surface area contributed by atoms with Gasteiger partial charge >= 0.3 is 0 Å². The van der Waals surface area contributed by atoms with Gasteiger partial charge in [0.1, 0.15) is 11.0 Å². The first kappa shape index (κ1) is 23.8. The van der Waals surface area contributed by atoms with Gasteiger partial charge in [-0.05, 0) is 31.2 Å². The number of halogens is 5. The van der Waals surface area contributed by atoms with E-state index in [1.807, 2.05) is 0 Å². The molecule has 196 valence electrons. The highest BCUT2D eigenvalue weighted by atomic mass is 19.3. The number of alkyl halides is 4. The quantitative estimate of drug-likeness (QED) is 0.397. The van der Waals surface area contributed by atoms with Crippen molar-refractivity contribution in [3.63, 3.8) is 0 Å². The largest absolute Gasteiger partial charge is 0.479 e. The average Bonchev–Trinajstić information content (AvgIpc) is 3.37. The van der Waals surface area contributed by atoms with Gasteiger partial charge in [0.2, 0.25) is 11.8 Å². The molecule has 6 rings (SSSR count). The van der Waals surface area contributed by atoms with Gasteiger partial charge in [0, 0.05) is 19.4 Å². The molecule has 14 heteroatoms. The van der Waals surface area contributed by atoms with E-state index in [9.17, 15) is 17.6 Å². The molecule has 4 aromatic rings. The zero-order valence-electron chi connectivity index (χ0n) is 19.9. The number of aromatic nitrogens is 6. The molecule has 4 heterocycles. The minimum absolute atomic E-state index is 0.0157. The molecule has 0 bridgehead atoms. The first-order valence-electron chi connectivity index (χ1n) is 11.7. The lowest BCUT2D eigenvalue weighted by Gasteiger charge is -2.36. The number of piperidine rings is 1. The molecule has 3 aromatic heterocycles. The SMILES string of the molecule is COc1nc(N[C@@H]2CCN(C)CC2(F)F)nn2cc(F)c(-c3ccc4nnn(C5CC(F)(F)C5)c4c3)c12. The highest BCUT2D eigenvalue weighted by Gasteiger charge is 2.47. The Labute approximate surface area is 207 Å².